The van der Waals surface area contributed by atoms with Crippen LogP contribution >= 0.6 is 0 Å². The molecular formula is C105H201F3N30O9+2. The number of piperidine rings is 5. The number of amidine groups is 14. The van der Waals surface area contributed by atoms with Gasteiger partial charge in [0.15, 0.2) is 0 Å². The molecule has 10 saturated heterocycles. The quantitative estimate of drug-likeness (QED) is 0.0182. The second-order valence-corrected chi connectivity index (χ2v) is 39.7. The van der Waals surface area contributed by atoms with Crippen molar-refractivity contribution in [2.24, 2.45) is 35.5 Å². The van der Waals surface area contributed by atoms with Crippen LogP contribution in [-0.2, 0) is 44.9 Å². The number of alkyl halides is 3. The molecule has 1 saturated carbocycles. The van der Waals surface area contributed by atoms with Gasteiger partial charge in [-0.05, 0) is 211 Å². The Labute approximate surface area is 882 Å². The SMILES string of the molecule is CC(=N)N(C)CC1CCCCC1.CC(=N)N(C)CCCC(F)(F)F.CC(=N)N(C)Cc1ccccc1.CC(=N)N1CC1.CC(=N)N1CCC(C(=O)O)CC1.CC(=N)N1CCC(C(=O)ON(C)C)CC1.CC(=N)N1CCC(C(=O)ON)CC1.CC(=N)N1CCC1.CC(=N)N1CCCC1.CC(=N)N1CCCCC1.CC(N(C)C)=[N+](C)C.CC(N1CCC1)=[N+]1CCC1.CCOC(=O)C1CCN(C(C)=N)CC1.COCCN(C)C(C)=N. The zero-order valence-corrected chi connectivity index (χ0v) is 95.4. The van der Waals surface area contributed by atoms with Crippen molar-refractivity contribution in [1.29, 1.82) is 64.9 Å². The van der Waals surface area contributed by atoms with Crippen molar-refractivity contribution in [3.63, 3.8) is 0 Å². The third kappa shape index (κ3) is 67.1. The maximum Gasteiger partial charge on any atom is 0.389 e. The highest BCUT2D eigenvalue weighted by molar-refractivity contribution is 5.82. The molecule has 0 spiro atoms. The summed E-state index contributed by atoms with van der Waals surface area (Å²) in [5.74, 6) is 14.2. The largest absolute Gasteiger partial charge is 0.481 e. The number of carbonyl (C=O) groups excluding carboxylic acids is 3. The average molecular weight is 2080 g/mol. The first kappa shape index (κ1) is 138. The van der Waals surface area contributed by atoms with Gasteiger partial charge in [0.25, 0.3) is 0 Å². The summed E-state index contributed by atoms with van der Waals surface area (Å²) >= 11 is 0. The predicted molar refractivity (Wildman–Crippen MR) is 594 cm³/mol. The summed E-state index contributed by atoms with van der Waals surface area (Å²) in [6.07, 6.45) is 18.7. The van der Waals surface area contributed by atoms with Gasteiger partial charge in [-0.2, -0.15) is 19.1 Å². The van der Waals surface area contributed by atoms with Gasteiger partial charge in [-0.25, -0.2) is 0 Å². The summed E-state index contributed by atoms with van der Waals surface area (Å²) in [7, 11) is 20.7. The first-order valence-electron chi connectivity index (χ1n) is 52.7. The number of methoxy groups -OCH3 is 1. The van der Waals surface area contributed by atoms with Gasteiger partial charge in [-0.3, -0.25) is 103 Å². The minimum absolute atomic E-state index is 0.0111. The molecule has 39 nitrogen and oxygen atoms in total. The summed E-state index contributed by atoms with van der Waals surface area (Å²) in [5.41, 5.74) is 1.24. The fraction of sp³-hybridized carbons (Fsp3) is 0.771. The van der Waals surface area contributed by atoms with Gasteiger partial charge in [-0.15, -0.1) is 5.06 Å². The number of nitrogens with two attached hydrogens (primary N) is 1. The number of hydrogen-bond acceptors (Lipinski definition) is 22. The summed E-state index contributed by atoms with van der Waals surface area (Å²) < 4.78 is 49.2. The van der Waals surface area contributed by atoms with E-state index in [1.165, 1.54) is 137 Å². The first-order chi connectivity index (χ1) is 69.0. The van der Waals surface area contributed by atoms with Crippen molar-refractivity contribution in [1.82, 2.24) is 73.7 Å². The van der Waals surface area contributed by atoms with Crippen molar-refractivity contribution in [2.75, 3.05) is 241 Å². The Balaban J connectivity index is 0. The lowest BCUT2D eigenvalue weighted by Gasteiger charge is -2.31. The normalized spacial score (nSPS) is 16.6. The molecule has 0 aromatic heterocycles. The summed E-state index contributed by atoms with van der Waals surface area (Å²) in [4.78, 5) is 81.7. The number of hydrogen-bond donors (Lipinski definition) is 14. The molecule has 0 radical (unpaired) electrons. The molecule has 11 fully saturated rings. The molecule has 11 aliphatic rings. The maximum atomic E-state index is 11.6. The van der Waals surface area contributed by atoms with E-state index in [1.54, 1.807) is 76.7 Å². The number of esters is 1. The van der Waals surface area contributed by atoms with Crippen LogP contribution in [0.15, 0.2) is 30.3 Å². The minimum atomic E-state index is -4.07. The molecule has 0 amide bonds. The van der Waals surface area contributed by atoms with E-state index >= 15 is 0 Å². The van der Waals surface area contributed by atoms with Gasteiger partial charge in [-0.1, -0.05) is 49.6 Å². The number of ether oxygens (including phenoxy) is 2. The molecule has 15 N–H and O–H groups in total. The molecule has 10 heterocycles. The zero-order valence-electron chi connectivity index (χ0n) is 95.4. The van der Waals surface area contributed by atoms with E-state index in [-0.39, 0.29) is 60.4 Å². The number of carbonyl (C=O) groups is 4. The molecule has 0 unspecified atom stereocenters. The second kappa shape index (κ2) is 78.6. The summed E-state index contributed by atoms with van der Waals surface area (Å²) in [6, 6.07) is 10.2. The van der Waals surface area contributed by atoms with Gasteiger partial charge in [0, 0.05) is 213 Å². The van der Waals surface area contributed by atoms with Crippen LogP contribution < -0.4 is 5.90 Å². The second-order valence-electron chi connectivity index (χ2n) is 39.7. The molecular weight excluding hydrogens is 1880 g/mol. The van der Waals surface area contributed by atoms with Gasteiger partial charge >= 0.3 is 30.1 Å². The molecule has 0 bridgehead atoms. The standard InChI is InChI=1S/C10H19N3O2.C10H18N2O2.C10H20N2.C10H14N2.C8H15N3O2.C8H14N2O2.C8H15N2.C7H13F3N2.C7H14N2.C6H14N2O.C6H12N2.C6H15N2.C5H10N2.C4H8N2/c1-8(11)13-6-4-9(5-7-13)10(14)15-12(2)3;1-3-14-10(13)9-4-6-12(7-5-9)8(2)11;2*1-9(11)12(2)8-10-6-4-3-5-7-10;1-6(9)11-4-2-7(3-5-11)8(12)13-10;1-6(9)10-4-2-7(3-5-10)8(11)12;1-8(9-4-2-5-9)10-6-3-7-10;1-6(11)12(2)5-3-4-7(8,9)10;1-7(8)9-5-3-2-4-6-9;1-6(7)8(2)4-5-9-3;1-6(7)8-4-2-3-5-8;1-6(7(2)3)8(4)5;1-5(6)7-3-2-4-7;1-4(5)6-2-3-6/h9,11H,4-7H2,1-3H3;9,11H,3-7H2,1-2H3;10-11H,3-8H2,1-2H3;3-7,11H,8H2,1-2H3;7,9H,2-5,10H2,1H3;7,9H,2-5H2,1H3,(H,11,12);2-7H2,1H3;11H,3-5H2,1-2H3;8H,2-6H2,1H3;7H,4-5H2,1-3H3;7H,2-5H2,1H3;1-5H3;6H,2-4H2,1H3;5H,2-3H2,1H3/q;;;;;;+1;;;;;+1;;. The van der Waals surface area contributed by atoms with Crippen molar-refractivity contribution >= 4 is 106 Å². The Kier molecular flexibility index (Phi) is 74.0. The van der Waals surface area contributed by atoms with Gasteiger partial charge < -0.3 is 83.1 Å². The number of likely N-dealkylation sites (N-methyl/N-ethyl adjacent to an activating group) is 1. The summed E-state index contributed by atoms with van der Waals surface area (Å²) in [5, 5.41) is 97.4. The van der Waals surface area contributed by atoms with E-state index in [0.717, 1.165) is 167 Å². The highest BCUT2D eigenvalue weighted by Gasteiger charge is 2.32. The lowest BCUT2D eigenvalue weighted by atomic mass is 9.89. The molecule has 10 aliphatic heterocycles. The number of benzene rings is 1. The molecule has 1 aliphatic carbocycles. The van der Waals surface area contributed by atoms with Crippen molar-refractivity contribution in [3.05, 3.63) is 35.9 Å². The highest BCUT2D eigenvalue weighted by Crippen LogP contribution is 2.27. The molecule has 147 heavy (non-hydrogen) atoms. The van der Waals surface area contributed by atoms with Crippen LogP contribution in [0, 0.1) is 94.5 Å². The van der Waals surface area contributed by atoms with Gasteiger partial charge in [0.05, 0.1) is 161 Å². The number of carboxylic acid groups (broad SMARTS) is 1. The zero-order chi connectivity index (χ0) is 112. The molecule has 1 aromatic carbocycles. The van der Waals surface area contributed by atoms with Crippen LogP contribution in [-0.4, -0.2) is 441 Å². The average Bonchev–Trinajstić information content (AvgIpc) is 1.69. The third-order valence-corrected chi connectivity index (χ3v) is 26.9. The maximum absolute atomic E-state index is 11.6. The fourth-order valence-electron chi connectivity index (χ4n) is 15.6. The van der Waals surface area contributed by atoms with E-state index in [4.69, 9.17) is 90.2 Å². The number of nitrogens with one attached hydrogen (secondary N) is 12. The van der Waals surface area contributed by atoms with E-state index in [1.807, 2.05) is 143 Å². The Morgan fingerprint density at radius 1 is 0.415 bits per heavy atom. The van der Waals surface area contributed by atoms with Crippen molar-refractivity contribution in [2.45, 2.75) is 264 Å². The monoisotopic (exact) mass is 2080 g/mol. The van der Waals surface area contributed by atoms with Crippen LogP contribution in [0.4, 0.5) is 13.2 Å². The van der Waals surface area contributed by atoms with Crippen molar-refractivity contribution in [3.8, 4) is 0 Å². The Morgan fingerprint density at radius 2 is 0.741 bits per heavy atom. The minimum Gasteiger partial charge on any atom is -0.481 e. The van der Waals surface area contributed by atoms with E-state index in [9.17, 15) is 32.3 Å². The highest BCUT2D eigenvalue weighted by atomic mass is 19.4. The lowest BCUT2D eigenvalue weighted by Crippen LogP contribution is -2.48. The number of hydroxylamine groups is 2. The van der Waals surface area contributed by atoms with Gasteiger partial charge in [0.1, 0.15) is 0 Å². The Hall–Kier alpha value is -10.6. The molecule has 0 atom stereocenters. The van der Waals surface area contributed by atoms with Gasteiger partial charge in [0.2, 0.25) is 11.7 Å². The third-order valence-electron chi connectivity index (χ3n) is 26.9. The number of carboxylic acids is 1. The fourth-order valence-corrected chi connectivity index (χ4v) is 15.6. The molecule has 42 heteroatoms. The number of aliphatic carboxylic acids is 1. The van der Waals surface area contributed by atoms with E-state index in [2.05, 4.69) is 69.4 Å². The van der Waals surface area contributed by atoms with E-state index in [0.29, 0.717) is 91.7 Å². The van der Waals surface area contributed by atoms with Crippen LogP contribution in [0.5, 0.6) is 0 Å². The topological polar surface area (TPSA) is 492 Å². The van der Waals surface area contributed by atoms with Crippen LogP contribution in [0.2, 0.25) is 0 Å². The number of nitrogens with zero attached hydrogens (tertiary/aromatic N) is 17. The van der Waals surface area contributed by atoms with Crippen molar-refractivity contribution < 1.29 is 65.8 Å². The first-order valence-corrected chi connectivity index (χ1v) is 52.7. The van der Waals surface area contributed by atoms with Crippen LogP contribution in [0.1, 0.15) is 257 Å². The molecule has 12 rings (SSSR count). The number of likely N-dealkylation sites (tertiary alicyclic amines) is 8. The number of rotatable bonds is 16. The molecule has 844 valence electrons. The predicted octanol–water partition coefficient (Wildman–Crippen LogP) is 14.6. The molecule has 1 aromatic rings. The number of halogens is 3. The van der Waals surface area contributed by atoms with E-state index < -0.39 is 18.6 Å². The lowest BCUT2D eigenvalue weighted by molar-refractivity contribution is -0.588. The summed E-state index contributed by atoms with van der Waals surface area (Å²) in [6.45, 7) is 51.8. The van der Waals surface area contributed by atoms with Crippen LogP contribution in [0.3, 0.4) is 0 Å². The Bertz CT molecular complexity index is 4050. The smallest absolute Gasteiger partial charge is 0.389 e. The van der Waals surface area contributed by atoms with Crippen LogP contribution in [0.25, 0.3) is 0 Å². The Morgan fingerprint density at radius 3 is 1.01 bits per heavy atom.